The van der Waals surface area contributed by atoms with E-state index in [0.29, 0.717) is 0 Å². The molecule has 6 heteroatoms. The Morgan fingerprint density at radius 1 is 1.38 bits per heavy atom. The lowest BCUT2D eigenvalue weighted by Crippen LogP contribution is -2.34. The predicted molar refractivity (Wildman–Crippen MR) is 52.9 cm³/mol. The molecule has 0 heterocycles. The monoisotopic (exact) mass is 252 g/mol. The van der Waals surface area contributed by atoms with Gasteiger partial charge in [-0.1, -0.05) is 0 Å². The zero-order valence-corrected chi connectivity index (χ0v) is 9.03. The van der Waals surface area contributed by atoms with E-state index in [1.807, 2.05) is 0 Å². The molecule has 1 nitrogen and oxygen atoms in total. The number of carbonyl (C=O) groups is 1. The molecule has 1 fully saturated rings. The van der Waals surface area contributed by atoms with Gasteiger partial charge in [0, 0.05) is 10.5 Å². The van der Waals surface area contributed by atoms with Crippen LogP contribution < -0.4 is 0 Å². The number of alkyl halides is 4. The first-order valence-electron chi connectivity index (χ1n) is 4.58. The molecule has 0 aromatic carbocycles. The molecule has 16 heavy (non-hydrogen) atoms. The Morgan fingerprint density at radius 2 is 2.00 bits per heavy atom. The molecule has 2 aliphatic carbocycles. The fraction of sp³-hybridized carbons (Fsp3) is 0.500. The van der Waals surface area contributed by atoms with Gasteiger partial charge in [0.05, 0.1) is 5.92 Å². The Bertz CT molecular complexity index is 402. The molecule has 0 bridgehead atoms. The lowest BCUT2D eigenvalue weighted by Gasteiger charge is -2.21. The summed E-state index contributed by atoms with van der Waals surface area (Å²) in [5, 5.41) is 0. The van der Waals surface area contributed by atoms with Gasteiger partial charge in [-0.05, 0) is 18.4 Å². The highest BCUT2D eigenvalue weighted by molar-refractivity contribution is 8.02. The van der Waals surface area contributed by atoms with Crippen molar-refractivity contribution in [3.8, 4) is 0 Å². The van der Waals surface area contributed by atoms with Crippen molar-refractivity contribution in [3.05, 3.63) is 22.6 Å². The number of allylic oxidation sites excluding steroid dienone is 3. The molecule has 0 amide bonds. The molecular weight excluding hydrogens is 244 g/mol. The summed E-state index contributed by atoms with van der Waals surface area (Å²) >= 11 is 1.04. The average molecular weight is 252 g/mol. The molecule has 0 aromatic rings. The number of carbonyl (C=O) groups excluding carboxylic acids is 1. The third-order valence-corrected chi connectivity index (χ3v) is 3.60. The summed E-state index contributed by atoms with van der Waals surface area (Å²) in [4.78, 5) is 11.6. The quantitative estimate of drug-likeness (QED) is 0.667. The highest BCUT2D eigenvalue weighted by atomic mass is 32.2. The summed E-state index contributed by atoms with van der Waals surface area (Å²) in [7, 11) is 0. The number of fused-ring (bicyclic) bond motifs is 1. The van der Waals surface area contributed by atoms with Crippen molar-refractivity contribution in [1.29, 1.82) is 0 Å². The van der Waals surface area contributed by atoms with Gasteiger partial charge in [-0.2, -0.15) is 8.78 Å². The third-order valence-electron chi connectivity index (χ3n) is 2.80. The first kappa shape index (κ1) is 11.7. The van der Waals surface area contributed by atoms with Crippen molar-refractivity contribution in [3.63, 3.8) is 0 Å². The highest BCUT2D eigenvalue weighted by Crippen LogP contribution is 2.49. The van der Waals surface area contributed by atoms with E-state index >= 15 is 0 Å². The average Bonchev–Trinajstić information content (AvgIpc) is 2.42. The number of rotatable bonds is 1. The van der Waals surface area contributed by atoms with Crippen LogP contribution in [0.3, 0.4) is 0 Å². The molecule has 0 radical (unpaired) electrons. The van der Waals surface area contributed by atoms with Crippen LogP contribution in [0.15, 0.2) is 22.6 Å². The van der Waals surface area contributed by atoms with E-state index in [1.54, 1.807) is 6.26 Å². The molecule has 0 spiro atoms. The van der Waals surface area contributed by atoms with Crippen LogP contribution in [0.1, 0.15) is 0 Å². The molecule has 0 N–H and O–H groups in total. The first-order chi connectivity index (χ1) is 7.41. The van der Waals surface area contributed by atoms with Crippen molar-refractivity contribution in [2.24, 2.45) is 5.92 Å². The third kappa shape index (κ3) is 1.35. The molecule has 3 unspecified atom stereocenters. The Balaban J connectivity index is 2.57. The van der Waals surface area contributed by atoms with Crippen molar-refractivity contribution in [2.45, 2.75) is 18.3 Å². The molecule has 2 rings (SSSR count). The summed E-state index contributed by atoms with van der Waals surface area (Å²) in [6.07, 6.45) is -0.788. The summed E-state index contributed by atoms with van der Waals surface area (Å²) in [6.45, 7) is 0. The Kier molecular flexibility index (Phi) is 2.64. The van der Waals surface area contributed by atoms with Gasteiger partial charge in [-0.3, -0.25) is 4.79 Å². The van der Waals surface area contributed by atoms with Crippen molar-refractivity contribution in [2.75, 3.05) is 6.26 Å². The van der Waals surface area contributed by atoms with Crippen LogP contribution in [0.2, 0.25) is 0 Å². The minimum Gasteiger partial charge on any atom is -0.288 e. The number of halogens is 4. The highest BCUT2D eigenvalue weighted by Gasteiger charge is 2.64. The summed E-state index contributed by atoms with van der Waals surface area (Å²) < 4.78 is 53.0. The van der Waals surface area contributed by atoms with Gasteiger partial charge in [0.2, 0.25) is 5.78 Å². The van der Waals surface area contributed by atoms with Crippen molar-refractivity contribution < 1.29 is 22.4 Å². The molecule has 1 saturated carbocycles. The molecule has 3 atom stereocenters. The van der Waals surface area contributed by atoms with Crippen molar-refractivity contribution >= 4 is 17.5 Å². The fourth-order valence-electron chi connectivity index (χ4n) is 1.99. The Labute approximate surface area is 93.6 Å². The van der Waals surface area contributed by atoms with Gasteiger partial charge in [0.1, 0.15) is 6.17 Å². The number of ketones is 1. The molecule has 0 saturated heterocycles. The van der Waals surface area contributed by atoms with E-state index in [-0.39, 0.29) is 4.91 Å². The van der Waals surface area contributed by atoms with Gasteiger partial charge in [-0.15, -0.1) is 11.8 Å². The minimum absolute atomic E-state index is 0.226. The van der Waals surface area contributed by atoms with E-state index in [1.165, 1.54) is 6.08 Å². The molecule has 0 aliphatic heterocycles. The Morgan fingerprint density at radius 3 is 2.56 bits per heavy atom. The number of hydrogen-bond donors (Lipinski definition) is 0. The molecule has 2 aliphatic rings. The van der Waals surface area contributed by atoms with Gasteiger partial charge >= 0.3 is 5.92 Å². The number of hydrogen-bond acceptors (Lipinski definition) is 2. The van der Waals surface area contributed by atoms with Crippen LogP contribution in [0, 0.1) is 5.92 Å². The largest absolute Gasteiger partial charge is 0.340 e. The molecule has 88 valence electrons. The number of Topliss-reactive ketones (excluding diaryl/α,β-unsaturated/α-hetero) is 1. The second-order valence-electron chi connectivity index (χ2n) is 3.67. The van der Waals surface area contributed by atoms with Gasteiger partial charge < -0.3 is 0 Å². The maximum Gasteiger partial charge on any atom is 0.340 e. The van der Waals surface area contributed by atoms with Crippen LogP contribution in [0.4, 0.5) is 17.6 Å². The number of thioether (sulfide) groups is 1. The van der Waals surface area contributed by atoms with Gasteiger partial charge in [0.15, 0.2) is 6.17 Å². The summed E-state index contributed by atoms with van der Waals surface area (Å²) in [5.41, 5.74) is -0.403. The van der Waals surface area contributed by atoms with Gasteiger partial charge in [0.25, 0.3) is 0 Å². The normalized spacial score (nSPS) is 36.8. The smallest absolute Gasteiger partial charge is 0.288 e. The Hall–Kier alpha value is -0.780. The molecule has 0 aromatic heterocycles. The van der Waals surface area contributed by atoms with E-state index in [4.69, 9.17) is 0 Å². The van der Waals surface area contributed by atoms with E-state index in [2.05, 4.69) is 0 Å². The second-order valence-corrected chi connectivity index (χ2v) is 4.51. The standard InChI is InChI=1S/C10H8F4OS/c1-16-5-3-2-4(11)6-7(5)9(15)10(13,14)8(6)12/h2-4,6,8H,1H3. The SMILES string of the molecule is CSC1=C2C(=O)C(F)(F)C(F)C2C(F)C=C1. The lowest BCUT2D eigenvalue weighted by molar-refractivity contribution is -0.143. The maximum atomic E-state index is 13.4. The molecular formula is C10H8F4OS. The van der Waals surface area contributed by atoms with E-state index in [9.17, 15) is 22.4 Å². The van der Waals surface area contributed by atoms with E-state index in [0.717, 1.165) is 17.8 Å². The van der Waals surface area contributed by atoms with Crippen LogP contribution in [0.5, 0.6) is 0 Å². The van der Waals surface area contributed by atoms with Crippen molar-refractivity contribution in [1.82, 2.24) is 0 Å². The topological polar surface area (TPSA) is 17.1 Å². The summed E-state index contributed by atoms with van der Waals surface area (Å²) in [5.74, 6) is -7.34. The van der Waals surface area contributed by atoms with Gasteiger partial charge in [-0.25, -0.2) is 8.78 Å². The maximum absolute atomic E-state index is 13.4. The van der Waals surface area contributed by atoms with Crippen LogP contribution in [-0.4, -0.2) is 30.3 Å². The first-order valence-corrected chi connectivity index (χ1v) is 5.81. The zero-order valence-electron chi connectivity index (χ0n) is 8.22. The van der Waals surface area contributed by atoms with Crippen LogP contribution >= 0.6 is 11.8 Å². The second kappa shape index (κ2) is 3.61. The van der Waals surface area contributed by atoms with E-state index < -0.39 is 35.5 Å². The van der Waals surface area contributed by atoms with Crippen LogP contribution in [-0.2, 0) is 4.79 Å². The fourth-order valence-corrected chi connectivity index (χ4v) is 2.65. The van der Waals surface area contributed by atoms with Crippen LogP contribution in [0.25, 0.3) is 0 Å². The predicted octanol–water partition coefficient (Wildman–Crippen LogP) is 2.68. The zero-order chi connectivity index (χ0) is 12.1. The minimum atomic E-state index is -4.10. The summed E-state index contributed by atoms with van der Waals surface area (Å²) in [6, 6.07) is 0. The lowest BCUT2D eigenvalue weighted by atomic mass is 9.91.